The molecule has 0 aliphatic carbocycles. The summed E-state index contributed by atoms with van der Waals surface area (Å²) in [6.45, 7) is 9.38. The second-order valence-corrected chi connectivity index (χ2v) is 8.48. The van der Waals surface area contributed by atoms with Crippen LogP contribution >= 0.6 is 0 Å². The maximum absolute atomic E-state index is 12.5. The number of nitrogens with zero attached hydrogens (tertiary/aromatic N) is 2. The van der Waals surface area contributed by atoms with Crippen LogP contribution in [0.4, 0.5) is 0 Å². The van der Waals surface area contributed by atoms with Gasteiger partial charge in [-0.25, -0.2) is 8.42 Å². The van der Waals surface area contributed by atoms with E-state index in [1.807, 2.05) is 13.8 Å². The van der Waals surface area contributed by atoms with E-state index < -0.39 is 10.0 Å². The predicted octanol–water partition coefficient (Wildman–Crippen LogP) is 1.10. The molecule has 1 amide bonds. The molecular weight excluding hydrogens is 366 g/mol. The van der Waals surface area contributed by atoms with Crippen LogP contribution in [0.2, 0.25) is 0 Å². The summed E-state index contributed by atoms with van der Waals surface area (Å²) in [6.07, 6.45) is 0.986. The van der Waals surface area contributed by atoms with Gasteiger partial charge in [0.15, 0.2) is 0 Å². The average Bonchev–Trinajstić information content (AvgIpc) is 2.68. The Morgan fingerprint density at radius 3 is 2.37 bits per heavy atom. The molecule has 0 spiro atoms. The lowest BCUT2D eigenvalue weighted by Gasteiger charge is -2.26. The molecule has 0 saturated carbocycles. The molecule has 27 heavy (non-hydrogen) atoms. The Morgan fingerprint density at radius 1 is 1.15 bits per heavy atom. The molecule has 1 fully saturated rings. The Balaban J connectivity index is 1.76. The monoisotopic (exact) mass is 397 g/mol. The van der Waals surface area contributed by atoms with Gasteiger partial charge in [0, 0.05) is 45.7 Å². The highest BCUT2D eigenvalue weighted by Gasteiger charge is 2.21. The molecule has 0 unspecified atom stereocenters. The van der Waals surface area contributed by atoms with E-state index in [-0.39, 0.29) is 5.91 Å². The van der Waals surface area contributed by atoms with Crippen molar-refractivity contribution in [1.82, 2.24) is 14.5 Å². The Hall–Kier alpha value is -1.48. The lowest BCUT2D eigenvalue weighted by Crippen LogP contribution is -2.41. The number of nitrogens with one attached hydrogen (secondary N) is 1. The van der Waals surface area contributed by atoms with Crippen molar-refractivity contribution in [2.75, 3.05) is 52.5 Å². The van der Waals surface area contributed by atoms with Crippen LogP contribution in [0.15, 0.2) is 29.2 Å². The van der Waals surface area contributed by atoms with Gasteiger partial charge in [0.05, 0.1) is 18.1 Å². The minimum absolute atomic E-state index is 0.0168. The quantitative estimate of drug-likeness (QED) is 0.640. The third-order valence-electron chi connectivity index (χ3n) is 4.76. The summed E-state index contributed by atoms with van der Waals surface area (Å²) in [7, 11) is -3.43. The van der Waals surface area contributed by atoms with Gasteiger partial charge >= 0.3 is 0 Å². The molecule has 2 rings (SSSR count). The zero-order valence-electron chi connectivity index (χ0n) is 16.3. The lowest BCUT2D eigenvalue weighted by molar-refractivity contribution is -0.121. The van der Waals surface area contributed by atoms with Gasteiger partial charge in [-0.3, -0.25) is 9.69 Å². The fourth-order valence-corrected chi connectivity index (χ4v) is 4.52. The van der Waals surface area contributed by atoms with E-state index in [0.29, 0.717) is 37.4 Å². The third-order valence-corrected chi connectivity index (χ3v) is 6.83. The SMILES string of the molecule is CCN(CC)S(=O)(=O)c1ccc(CCC(=O)NCCN2CCOCC2)cc1. The van der Waals surface area contributed by atoms with Crippen LogP contribution < -0.4 is 5.32 Å². The number of hydrogen-bond donors (Lipinski definition) is 1. The number of ether oxygens (including phenoxy) is 1. The third kappa shape index (κ3) is 6.57. The van der Waals surface area contributed by atoms with E-state index in [1.54, 1.807) is 24.3 Å². The van der Waals surface area contributed by atoms with Crippen LogP contribution in [0.5, 0.6) is 0 Å². The van der Waals surface area contributed by atoms with Gasteiger partial charge in [-0.1, -0.05) is 26.0 Å². The molecule has 1 saturated heterocycles. The van der Waals surface area contributed by atoms with Crippen molar-refractivity contribution in [1.29, 1.82) is 0 Å². The topological polar surface area (TPSA) is 79.0 Å². The number of benzene rings is 1. The van der Waals surface area contributed by atoms with Crippen molar-refractivity contribution in [3.63, 3.8) is 0 Å². The van der Waals surface area contributed by atoms with E-state index in [9.17, 15) is 13.2 Å². The molecule has 1 aliphatic rings. The van der Waals surface area contributed by atoms with Crippen molar-refractivity contribution in [2.24, 2.45) is 0 Å². The van der Waals surface area contributed by atoms with Gasteiger partial charge in [0.1, 0.15) is 0 Å². The van der Waals surface area contributed by atoms with E-state index in [2.05, 4.69) is 10.2 Å². The normalized spacial score (nSPS) is 15.8. The summed E-state index contributed by atoms with van der Waals surface area (Å²) in [5.74, 6) is 0.0168. The molecular formula is C19H31N3O4S. The van der Waals surface area contributed by atoms with E-state index in [0.717, 1.165) is 38.4 Å². The number of rotatable bonds is 10. The van der Waals surface area contributed by atoms with Crippen LogP contribution in [-0.4, -0.2) is 76.0 Å². The lowest BCUT2D eigenvalue weighted by atomic mass is 10.1. The molecule has 1 aromatic rings. The van der Waals surface area contributed by atoms with Gasteiger partial charge in [0.2, 0.25) is 15.9 Å². The minimum atomic E-state index is -3.43. The van der Waals surface area contributed by atoms with Crippen molar-refractivity contribution in [3.05, 3.63) is 29.8 Å². The van der Waals surface area contributed by atoms with E-state index >= 15 is 0 Å². The largest absolute Gasteiger partial charge is 0.379 e. The van der Waals surface area contributed by atoms with Gasteiger partial charge in [-0.2, -0.15) is 4.31 Å². The molecule has 1 aromatic carbocycles. The number of sulfonamides is 1. The molecule has 152 valence electrons. The Morgan fingerprint density at radius 2 is 1.78 bits per heavy atom. The minimum Gasteiger partial charge on any atom is -0.379 e. The van der Waals surface area contributed by atoms with Crippen LogP contribution in [-0.2, 0) is 26.0 Å². The fraction of sp³-hybridized carbons (Fsp3) is 0.632. The molecule has 8 heteroatoms. The molecule has 0 aromatic heterocycles. The summed E-state index contributed by atoms with van der Waals surface area (Å²) in [5, 5.41) is 2.94. The molecule has 1 aliphatic heterocycles. The van der Waals surface area contributed by atoms with Crippen LogP contribution in [0.25, 0.3) is 0 Å². The Labute approximate surface area is 162 Å². The Bertz CT molecular complexity index is 681. The van der Waals surface area contributed by atoms with Crippen LogP contribution in [0, 0.1) is 0 Å². The first-order valence-electron chi connectivity index (χ1n) is 9.63. The predicted molar refractivity (Wildman–Crippen MR) is 105 cm³/mol. The summed E-state index contributed by atoms with van der Waals surface area (Å²) >= 11 is 0. The molecule has 1 heterocycles. The average molecular weight is 398 g/mol. The number of amides is 1. The van der Waals surface area contributed by atoms with Crippen LogP contribution in [0.1, 0.15) is 25.8 Å². The molecule has 1 N–H and O–H groups in total. The fourth-order valence-electron chi connectivity index (χ4n) is 3.07. The summed E-state index contributed by atoms with van der Waals surface area (Å²) in [6, 6.07) is 6.83. The second-order valence-electron chi connectivity index (χ2n) is 6.54. The van der Waals surface area contributed by atoms with Gasteiger partial charge in [-0.15, -0.1) is 0 Å². The zero-order valence-corrected chi connectivity index (χ0v) is 17.1. The first-order chi connectivity index (χ1) is 13.0. The number of morpholine rings is 1. The van der Waals surface area contributed by atoms with Crippen molar-refractivity contribution in [3.8, 4) is 0 Å². The van der Waals surface area contributed by atoms with E-state index in [1.165, 1.54) is 4.31 Å². The van der Waals surface area contributed by atoms with Gasteiger partial charge < -0.3 is 10.1 Å². The van der Waals surface area contributed by atoms with Crippen molar-refractivity contribution in [2.45, 2.75) is 31.6 Å². The molecule has 0 atom stereocenters. The first-order valence-corrected chi connectivity index (χ1v) is 11.1. The zero-order chi connectivity index (χ0) is 19.7. The van der Waals surface area contributed by atoms with Gasteiger partial charge in [0.25, 0.3) is 0 Å². The van der Waals surface area contributed by atoms with Crippen molar-refractivity contribution >= 4 is 15.9 Å². The molecule has 7 nitrogen and oxygen atoms in total. The van der Waals surface area contributed by atoms with E-state index in [4.69, 9.17) is 4.74 Å². The maximum Gasteiger partial charge on any atom is 0.243 e. The highest BCUT2D eigenvalue weighted by molar-refractivity contribution is 7.89. The van der Waals surface area contributed by atoms with Crippen molar-refractivity contribution < 1.29 is 17.9 Å². The maximum atomic E-state index is 12.5. The van der Waals surface area contributed by atoms with Crippen LogP contribution in [0.3, 0.4) is 0 Å². The first kappa shape index (κ1) is 21.8. The number of aryl methyl sites for hydroxylation is 1. The smallest absolute Gasteiger partial charge is 0.243 e. The number of hydrogen-bond acceptors (Lipinski definition) is 5. The number of carbonyl (C=O) groups is 1. The highest BCUT2D eigenvalue weighted by atomic mass is 32.2. The highest BCUT2D eigenvalue weighted by Crippen LogP contribution is 2.16. The standard InChI is InChI=1S/C19H31N3O4S/c1-3-22(4-2)27(24,25)18-8-5-17(6-9-18)7-10-19(23)20-11-12-21-13-15-26-16-14-21/h5-6,8-9H,3-4,7,10-16H2,1-2H3,(H,20,23). The summed E-state index contributed by atoms with van der Waals surface area (Å²) in [5.41, 5.74) is 0.955. The molecule has 0 bridgehead atoms. The van der Waals surface area contributed by atoms with Gasteiger partial charge in [-0.05, 0) is 24.1 Å². The second kappa shape index (κ2) is 10.8. The summed E-state index contributed by atoms with van der Waals surface area (Å²) < 4.78 is 31.7. The molecule has 0 radical (unpaired) electrons. The number of carbonyl (C=O) groups excluding carboxylic acids is 1. The summed E-state index contributed by atoms with van der Waals surface area (Å²) in [4.78, 5) is 14.6. The Kier molecular flexibility index (Phi) is 8.69.